The van der Waals surface area contributed by atoms with Crippen LogP contribution in [0.5, 0.6) is 5.75 Å². The van der Waals surface area contributed by atoms with Gasteiger partial charge in [0.25, 0.3) is 0 Å². The molecule has 0 aliphatic heterocycles. The van der Waals surface area contributed by atoms with Gasteiger partial charge in [0.05, 0.1) is 12.6 Å². The summed E-state index contributed by atoms with van der Waals surface area (Å²) in [5.41, 5.74) is 1.80. The van der Waals surface area contributed by atoms with E-state index in [1.165, 1.54) is 0 Å². The van der Waals surface area contributed by atoms with Crippen molar-refractivity contribution in [1.29, 1.82) is 0 Å². The van der Waals surface area contributed by atoms with E-state index in [1.807, 2.05) is 36.4 Å². The Labute approximate surface area is 112 Å². The van der Waals surface area contributed by atoms with Gasteiger partial charge < -0.3 is 10.2 Å². The predicted molar refractivity (Wildman–Crippen MR) is 76.7 cm³/mol. The van der Waals surface area contributed by atoms with E-state index in [1.54, 1.807) is 24.4 Å². The Balaban J connectivity index is 2.05. The van der Waals surface area contributed by atoms with Crippen molar-refractivity contribution in [1.82, 2.24) is 0 Å². The molecule has 98 valence electrons. The second-order valence-electron chi connectivity index (χ2n) is 4.36. The number of hydrogen-bond acceptors (Lipinski definition) is 3. The lowest BCUT2D eigenvalue weighted by Gasteiger charge is -2.09. The molecule has 2 aromatic carbocycles. The molecule has 0 aromatic heterocycles. The monoisotopic (exact) mass is 255 g/mol. The number of rotatable bonds is 5. The van der Waals surface area contributed by atoms with E-state index < -0.39 is 0 Å². The molecule has 0 spiro atoms. The quantitative estimate of drug-likeness (QED) is 0.806. The lowest BCUT2D eigenvalue weighted by Crippen LogP contribution is -2.14. The Kier molecular flexibility index (Phi) is 4.70. The van der Waals surface area contributed by atoms with Gasteiger partial charge in [0.1, 0.15) is 5.75 Å². The number of phenolic OH excluding ortho intramolecular Hbond substituents is 1. The fourth-order valence-corrected chi connectivity index (χ4v) is 1.83. The van der Waals surface area contributed by atoms with Crippen LogP contribution in [-0.2, 0) is 6.42 Å². The normalized spacial score (nSPS) is 12.7. The minimum Gasteiger partial charge on any atom is -0.507 e. The smallest absolute Gasteiger partial charge is 0.124 e. The first-order chi connectivity index (χ1) is 9.29. The average Bonchev–Trinajstić information content (AvgIpc) is 2.46. The van der Waals surface area contributed by atoms with E-state index in [0.29, 0.717) is 12.0 Å². The number of nitrogens with zero attached hydrogens (tertiary/aromatic N) is 1. The summed E-state index contributed by atoms with van der Waals surface area (Å²) in [5.74, 6) is 0.197. The number of aliphatic hydroxyl groups is 1. The van der Waals surface area contributed by atoms with Gasteiger partial charge in [-0.3, -0.25) is 4.99 Å². The summed E-state index contributed by atoms with van der Waals surface area (Å²) in [7, 11) is 0. The summed E-state index contributed by atoms with van der Waals surface area (Å²) >= 11 is 0. The van der Waals surface area contributed by atoms with E-state index in [9.17, 15) is 10.2 Å². The zero-order valence-electron chi connectivity index (χ0n) is 10.6. The zero-order chi connectivity index (χ0) is 13.5. The van der Waals surface area contributed by atoms with Crippen molar-refractivity contribution in [3.8, 4) is 5.75 Å². The van der Waals surface area contributed by atoms with Gasteiger partial charge in [-0.05, 0) is 24.1 Å². The van der Waals surface area contributed by atoms with Crippen LogP contribution in [0.2, 0.25) is 0 Å². The van der Waals surface area contributed by atoms with E-state index in [2.05, 4.69) is 4.99 Å². The maximum Gasteiger partial charge on any atom is 0.124 e. The maximum atomic E-state index is 9.63. The first-order valence-electron chi connectivity index (χ1n) is 6.25. The molecular weight excluding hydrogens is 238 g/mol. The summed E-state index contributed by atoms with van der Waals surface area (Å²) in [6, 6.07) is 16.7. The summed E-state index contributed by atoms with van der Waals surface area (Å²) in [4.78, 5) is 4.33. The minimum atomic E-state index is -0.193. The highest BCUT2D eigenvalue weighted by Gasteiger charge is 2.06. The fourth-order valence-electron chi connectivity index (χ4n) is 1.83. The molecule has 3 nitrogen and oxygen atoms in total. The first kappa shape index (κ1) is 13.3. The molecule has 2 N–H and O–H groups in total. The van der Waals surface area contributed by atoms with Gasteiger partial charge in [-0.25, -0.2) is 0 Å². The van der Waals surface area contributed by atoms with Crippen molar-refractivity contribution in [2.45, 2.75) is 12.5 Å². The number of para-hydroxylation sites is 1. The molecule has 2 aromatic rings. The van der Waals surface area contributed by atoms with Crippen molar-refractivity contribution in [3.05, 3.63) is 65.7 Å². The van der Waals surface area contributed by atoms with Crippen LogP contribution in [0.3, 0.4) is 0 Å². The van der Waals surface area contributed by atoms with Crippen molar-refractivity contribution in [2.75, 3.05) is 6.61 Å². The van der Waals surface area contributed by atoms with Crippen molar-refractivity contribution >= 4 is 6.21 Å². The van der Waals surface area contributed by atoms with Gasteiger partial charge in [0.2, 0.25) is 0 Å². The van der Waals surface area contributed by atoms with Crippen LogP contribution in [0.15, 0.2) is 59.6 Å². The topological polar surface area (TPSA) is 52.8 Å². The average molecular weight is 255 g/mol. The third kappa shape index (κ3) is 3.93. The van der Waals surface area contributed by atoms with E-state index in [-0.39, 0.29) is 18.4 Å². The molecule has 0 aliphatic carbocycles. The molecular formula is C16H17NO2. The van der Waals surface area contributed by atoms with E-state index in [4.69, 9.17) is 0 Å². The van der Waals surface area contributed by atoms with E-state index in [0.717, 1.165) is 5.56 Å². The highest BCUT2D eigenvalue weighted by atomic mass is 16.3. The Hall–Kier alpha value is -2.13. The number of aliphatic imine (C=N–C) groups is 1. The maximum absolute atomic E-state index is 9.63. The third-order valence-electron chi connectivity index (χ3n) is 2.89. The largest absolute Gasteiger partial charge is 0.507 e. The molecule has 0 saturated heterocycles. The van der Waals surface area contributed by atoms with Crippen molar-refractivity contribution in [2.24, 2.45) is 4.99 Å². The van der Waals surface area contributed by atoms with Crippen LogP contribution in [0, 0.1) is 0 Å². The zero-order valence-corrected chi connectivity index (χ0v) is 10.6. The SMILES string of the molecule is OC[C@@H](Cc1ccccc1)N=Cc1ccccc1O. The summed E-state index contributed by atoms with van der Waals surface area (Å²) in [6.07, 6.45) is 2.29. The van der Waals surface area contributed by atoms with Crippen LogP contribution in [0.25, 0.3) is 0 Å². The van der Waals surface area contributed by atoms with Gasteiger partial charge in [-0.1, -0.05) is 42.5 Å². The second kappa shape index (κ2) is 6.71. The molecule has 0 heterocycles. The van der Waals surface area contributed by atoms with Gasteiger partial charge in [0, 0.05) is 11.8 Å². The molecule has 0 amide bonds. The van der Waals surface area contributed by atoms with Crippen LogP contribution < -0.4 is 0 Å². The molecule has 19 heavy (non-hydrogen) atoms. The molecule has 3 heteroatoms. The standard InChI is InChI=1S/C16H17NO2/c18-12-15(10-13-6-2-1-3-7-13)17-11-14-8-4-5-9-16(14)19/h1-9,11,15,18-19H,10,12H2/t15-/m1/s1. The molecule has 0 bridgehead atoms. The molecule has 0 radical (unpaired) electrons. The lowest BCUT2D eigenvalue weighted by atomic mass is 10.1. The third-order valence-corrected chi connectivity index (χ3v) is 2.89. The minimum absolute atomic E-state index is 0.0149. The van der Waals surface area contributed by atoms with E-state index >= 15 is 0 Å². The lowest BCUT2D eigenvalue weighted by molar-refractivity contribution is 0.266. The summed E-state index contributed by atoms with van der Waals surface area (Å²) in [5, 5.41) is 19.0. The highest BCUT2D eigenvalue weighted by molar-refractivity contribution is 5.83. The predicted octanol–water partition coefficient (Wildman–Crippen LogP) is 2.41. The number of aliphatic hydroxyl groups excluding tert-OH is 1. The molecule has 0 fully saturated rings. The molecule has 1 atom stereocenters. The summed E-state index contributed by atoms with van der Waals surface area (Å²) in [6.45, 7) is -0.0149. The number of phenols is 1. The Bertz CT molecular complexity index is 537. The number of benzene rings is 2. The first-order valence-corrected chi connectivity index (χ1v) is 6.25. The van der Waals surface area contributed by atoms with Gasteiger partial charge >= 0.3 is 0 Å². The fraction of sp³-hybridized carbons (Fsp3) is 0.188. The Morgan fingerprint density at radius 2 is 1.68 bits per heavy atom. The summed E-state index contributed by atoms with van der Waals surface area (Å²) < 4.78 is 0. The highest BCUT2D eigenvalue weighted by Crippen LogP contribution is 2.13. The molecule has 0 unspecified atom stereocenters. The van der Waals surface area contributed by atoms with Gasteiger partial charge in [-0.2, -0.15) is 0 Å². The van der Waals surface area contributed by atoms with Gasteiger partial charge in [-0.15, -0.1) is 0 Å². The molecule has 2 rings (SSSR count). The van der Waals surface area contributed by atoms with Crippen LogP contribution in [0.1, 0.15) is 11.1 Å². The van der Waals surface area contributed by atoms with Crippen LogP contribution in [-0.4, -0.2) is 29.1 Å². The van der Waals surface area contributed by atoms with Crippen LogP contribution >= 0.6 is 0 Å². The Morgan fingerprint density at radius 3 is 2.37 bits per heavy atom. The van der Waals surface area contributed by atoms with Gasteiger partial charge in [0.15, 0.2) is 0 Å². The number of aromatic hydroxyl groups is 1. The Morgan fingerprint density at radius 1 is 1.00 bits per heavy atom. The van der Waals surface area contributed by atoms with Crippen molar-refractivity contribution in [3.63, 3.8) is 0 Å². The number of hydrogen-bond donors (Lipinski definition) is 2. The molecule has 0 aliphatic rings. The van der Waals surface area contributed by atoms with Crippen LogP contribution in [0.4, 0.5) is 0 Å². The van der Waals surface area contributed by atoms with Crippen molar-refractivity contribution < 1.29 is 10.2 Å². The molecule has 0 saturated carbocycles. The second-order valence-corrected chi connectivity index (χ2v) is 4.36.